The van der Waals surface area contributed by atoms with Crippen molar-refractivity contribution in [3.63, 3.8) is 0 Å². The fourth-order valence-corrected chi connectivity index (χ4v) is 11.9. The van der Waals surface area contributed by atoms with Crippen molar-refractivity contribution in [2.45, 2.75) is 147 Å². The number of hydrogen-bond acceptors (Lipinski definition) is 13. The molecule has 4 heterocycles. The molecule has 1 fully saturated rings. The Morgan fingerprint density at radius 1 is 0.824 bits per heavy atom. The van der Waals surface area contributed by atoms with Crippen LogP contribution in [0.25, 0.3) is 10.9 Å². The van der Waals surface area contributed by atoms with Gasteiger partial charge in [0.05, 0.1) is 39.5 Å². The minimum Gasteiger partial charge on any atom is -0.497 e. The number of hydrazine groups is 1. The van der Waals surface area contributed by atoms with E-state index in [9.17, 15) is 38.4 Å². The molecule has 3 aliphatic rings. The number of hydrogen-bond donors (Lipinski definition) is 8. The van der Waals surface area contributed by atoms with Crippen LogP contribution in [0.15, 0.2) is 115 Å². The Bertz CT molecular complexity index is 3460. The molecule has 8 amide bonds. The van der Waals surface area contributed by atoms with E-state index in [1.54, 1.807) is 56.6 Å². The van der Waals surface area contributed by atoms with Crippen LogP contribution in [0.1, 0.15) is 104 Å². The number of halogens is 1. The maximum Gasteiger partial charge on any atom is 0.246 e. The Labute approximate surface area is 531 Å². The van der Waals surface area contributed by atoms with Crippen molar-refractivity contribution in [2.24, 2.45) is 11.6 Å². The quantitative estimate of drug-likeness (QED) is 0.0554. The van der Waals surface area contributed by atoms with Gasteiger partial charge in [-0.2, -0.15) is 0 Å². The number of nitrogens with one attached hydrogen (secondary N) is 6. The molecule has 1 saturated heterocycles. The SMILES string of the molecule is COc1ccc(C[C@H](NC=O)C(=O)N2CCC[C@@]2(C)C(=O)NCCc2ccc3c(c2)CN(N)/C=C(\N)Cn2cc(c4cc(F)ccc42)CC2NC(=O)[C@H](Cc4cccc(c4)C/C=C/CO[C@H](C)CCN(C)C2=O)NC(=O)CNC(=O)CCCCCC(=O)NC3)cc1. The number of carbonyl (C=O) groups is 8. The van der Waals surface area contributed by atoms with Crippen molar-refractivity contribution in [1.29, 1.82) is 0 Å². The Hall–Kier alpha value is -9.09. The second kappa shape index (κ2) is 32.6. The fraction of sp³-hybridized carbons (Fsp3) is 0.441. The van der Waals surface area contributed by atoms with Gasteiger partial charge in [0.1, 0.15) is 35.2 Å². The molecule has 0 spiro atoms. The lowest BCUT2D eigenvalue weighted by Gasteiger charge is -2.36. The molecule has 1 unspecified atom stereocenters. The molecule has 4 aromatic carbocycles. The predicted molar refractivity (Wildman–Crippen MR) is 342 cm³/mol. The normalized spacial score (nSPS) is 22.2. The first-order valence-corrected chi connectivity index (χ1v) is 31.3. The lowest BCUT2D eigenvalue weighted by Crippen LogP contribution is -2.59. The highest BCUT2D eigenvalue weighted by molar-refractivity contribution is 5.95. The summed E-state index contributed by atoms with van der Waals surface area (Å²) in [6.45, 7) is 4.84. The zero-order valence-corrected chi connectivity index (χ0v) is 52.5. The van der Waals surface area contributed by atoms with Crippen LogP contribution >= 0.6 is 0 Å². The van der Waals surface area contributed by atoms with Gasteiger partial charge in [0.15, 0.2) is 0 Å². The van der Waals surface area contributed by atoms with E-state index in [1.165, 1.54) is 22.0 Å². The van der Waals surface area contributed by atoms with Gasteiger partial charge < -0.3 is 66.5 Å². The van der Waals surface area contributed by atoms with Crippen molar-refractivity contribution >= 4 is 58.7 Å². The van der Waals surface area contributed by atoms with Crippen LogP contribution in [0.3, 0.4) is 0 Å². The first kappa shape index (κ1) is 67.8. The minimum atomic E-state index is -1.20. The van der Waals surface area contributed by atoms with E-state index in [2.05, 4.69) is 31.9 Å². The number of likely N-dealkylation sites (N-methyl/N-ethyl adjacent to an activating group) is 1. The minimum absolute atomic E-state index is 0.0533. The largest absolute Gasteiger partial charge is 0.497 e. The monoisotopic (exact) mass is 1250 g/mol. The van der Waals surface area contributed by atoms with E-state index < -0.39 is 53.7 Å². The molecule has 5 atom stereocenters. The molecule has 22 nitrogen and oxygen atoms in total. The Morgan fingerprint density at radius 2 is 1.57 bits per heavy atom. The number of allylic oxidation sites excluding steroid dienone is 2. The number of methoxy groups -OCH3 is 1. The molecule has 486 valence electrons. The number of carbonyl (C=O) groups excluding carboxylic acids is 8. The number of nitrogens with two attached hydrogens (primary N) is 2. The number of fused-ring (bicyclic) bond motifs is 11. The summed E-state index contributed by atoms with van der Waals surface area (Å²) in [5, 5.41) is 19.1. The van der Waals surface area contributed by atoms with Crippen molar-refractivity contribution in [3.8, 4) is 5.75 Å². The smallest absolute Gasteiger partial charge is 0.246 e. The van der Waals surface area contributed by atoms with Gasteiger partial charge in [-0.05, 0) is 128 Å². The Kier molecular flexibility index (Phi) is 24.3. The van der Waals surface area contributed by atoms with Crippen molar-refractivity contribution < 1.29 is 52.2 Å². The number of amides is 8. The first-order valence-electron chi connectivity index (χ1n) is 31.3. The number of benzene rings is 4. The second-order valence-electron chi connectivity index (χ2n) is 24.1. The van der Waals surface area contributed by atoms with E-state index >= 15 is 4.39 Å². The van der Waals surface area contributed by atoms with Gasteiger partial charge in [-0.25, -0.2) is 10.2 Å². The Balaban J connectivity index is 1.04. The number of likely N-dealkylation sites (tertiary alicyclic amines) is 1. The first-order chi connectivity index (χ1) is 43.8. The lowest BCUT2D eigenvalue weighted by atomic mass is 9.95. The maximum atomic E-state index is 15.4. The van der Waals surface area contributed by atoms with Crippen molar-refractivity contribution in [3.05, 3.63) is 160 Å². The van der Waals surface area contributed by atoms with Crippen molar-refractivity contribution in [1.82, 2.24) is 51.3 Å². The number of ether oxygens (including phenoxy) is 2. The van der Waals surface area contributed by atoms with Gasteiger partial charge in [0.25, 0.3) is 0 Å². The van der Waals surface area contributed by atoms with Crippen LogP contribution < -0.4 is 48.2 Å². The predicted octanol–water partition coefficient (Wildman–Crippen LogP) is 4.18. The average molecular weight is 1250 g/mol. The van der Waals surface area contributed by atoms with E-state index in [0.717, 1.165) is 33.4 Å². The lowest BCUT2D eigenvalue weighted by molar-refractivity contribution is -0.145. The van der Waals surface area contributed by atoms with Gasteiger partial charge in [-0.1, -0.05) is 73.2 Å². The van der Waals surface area contributed by atoms with E-state index in [0.29, 0.717) is 98.8 Å². The topological polar surface area (TPSA) is 294 Å². The van der Waals surface area contributed by atoms with Gasteiger partial charge >= 0.3 is 0 Å². The molecule has 23 heteroatoms. The molecule has 6 bridgehead atoms. The van der Waals surface area contributed by atoms with Gasteiger partial charge in [-0.15, -0.1) is 0 Å². The fourth-order valence-electron chi connectivity index (χ4n) is 11.9. The van der Waals surface area contributed by atoms with E-state index in [-0.39, 0.29) is 94.6 Å². The summed E-state index contributed by atoms with van der Waals surface area (Å²) in [5.41, 5.74) is 12.0. The van der Waals surface area contributed by atoms with Crippen LogP contribution in [0.5, 0.6) is 5.75 Å². The Morgan fingerprint density at radius 3 is 2.33 bits per heavy atom. The molecular formula is C68H87FN12O10. The summed E-state index contributed by atoms with van der Waals surface area (Å²) in [6, 6.07) is 21.6. The summed E-state index contributed by atoms with van der Waals surface area (Å²) < 4.78 is 28.5. The molecule has 8 rings (SSSR count). The van der Waals surface area contributed by atoms with Crippen LogP contribution in [0.2, 0.25) is 0 Å². The molecular weight excluding hydrogens is 1160 g/mol. The van der Waals surface area contributed by atoms with Crippen LogP contribution in [0, 0.1) is 5.82 Å². The summed E-state index contributed by atoms with van der Waals surface area (Å²) in [7, 11) is 3.20. The third-order valence-corrected chi connectivity index (χ3v) is 17.1. The molecule has 3 aliphatic heterocycles. The molecule has 10 N–H and O–H groups in total. The van der Waals surface area contributed by atoms with Crippen molar-refractivity contribution in [2.75, 3.05) is 46.9 Å². The standard InChI is InChI=1S/C68H87FN12O10/c1-45-26-30-78(3)65(87)59-36-52-40-79(60-24-21-53(69)37-56(52)60)42-54(70)43-80(71)41-51-33-48(25-28-72-67(89)68(2)27-11-29-81(68)66(88)58(75-44-82)34-47-18-22-55(90-4)23-19-47)17-20-50(51)38-73-61(83)15-6-5-7-16-62(84)74-39-63(85)76-57(64(86)77-59)35-49-14-10-13-46(32-49)12-8-9-31-91-45/h8-10,13-14,17-24,32-33,37,40,43-45,57-59H,5-7,11-12,15-16,25-31,34-36,38-39,41-42,70-71H2,1-4H3,(H,72,89)(H,73,83)(H,74,84)(H,75,82)(H,76,85)(H,77,86)/b9-8+,54-43-/t45-,57+,58+,59?,68+/m1/s1. The van der Waals surface area contributed by atoms with Crippen LogP contribution in [-0.4, -0.2) is 144 Å². The number of aromatic nitrogens is 1. The zero-order chi connectivity index (χ0) is 65.0. The molecule has 91 heavy (non-hydrogen) atoms. The number of rotatable bonds is 10. The summed E-state index contributed by atoms with van der Waals surface area (Å²) in [5.74, 6) is 3.95. The zero-order valence-electron chi connectivity index (χ0n) is 52.5. The van der Waals surface area contributed by atoms with E-state index in [4.69, 9.17) is 21.1 Å². The third kappa shape index (κ3) is 19.2. The second-order valence-corrected chi connectivity index (χ2v) is 24.1. The van der Waals surface area contributed by atoms with Crippen LogP contribution in [0.4, 0.5) is 4.39 Å². The highest BCUT2D eigenvalue weighted by atomic mass is 19.1. The molecule has 5 aromatic rings. The maximum absolute atomic E-state index is 15.4. The van der Waals surface area contributed by atoms with Gasteiger partial charge in [-0.3, -0.25) is 38.4 Å². The molecule has 0 saturated carbocycles. The third-order valence-electron chi connectivity index (χ3n) is 17.1. The molecule has 1 aromatic heterocycles. The number of nitrogens with zero attached hydrogens (tertiary/aromatic N) is 4. The van der Waals surface area contributed by atoms with E-state index in [1.807, 2.05) is 78.2 Å². The highest BCUT2D eigenvalue weighted by Crippen LogP contribution is 2.31. The average Bonchev–Trinajstić information content (AvgIpc) is 1.72. The summed E-state index contributed by atoms with van der Waals surface area (Å²) in [4.78, 5) is 113. The van der Waals surface area contributed by atoms with Gasteiger partial charge in [0.2, 0.25) is 47.8 Å². The highest BCUT2D eigenvalue weighted by Gasteiger charge is 2.47. The summed E-state index contributed by atoms with van der Waals surface area (Å²) in [6.07, 6.45) is 12.1. The summed E-state index contributed by atoms with van der Waals surface area (Å²) >= 11 is 0. The van der Waals surface area contributed by atoms with Crippen LogP contribution in [-0.2, 0) is 94.8 Å². The van der Waals surface area contributed by atoms with Gasteiger partial charge in [0, 0.05) is 94.3 Å². The molecule has 0 radical (unpaired) electrons. The molecule has 0 aliphatic carbocycles.